The number of hydrogen-bond acceptors (Lipinski definition) is 4. The maximum atomic E-state index is 11.8. The van der Waals surface area contributed by atoms with Crippen molar-refractivity contribution < 1.29 is 4.79 Å². The van der Waals surface area contributed by atoms with Gasteiger partial charge in [-0.25, -0.2) is 0 Å². The summed E-state index contributed by atoms with van der Waals surface area (Å²) in [4.78, 5) is 13.8. The van der Waals surface area contributed by atoms with E-state index in [9.17, 15) is 4.79 Å². The van der Waals surface area contributed by atoms with Gasteiger partial charge in [0.05, 0.1) is 6.42 Å². The molecule has 0 heterocycles. The highest BCUT2D eigenvalue weighted by Gasteiger charge is 2.05. The van der Waals surface area contributed by atoms with Crippen LogP contribution in [0.3, 0.4) is 0 Å². The van der Waals surface area contributed by atoms with Gasteiger partial charge in [0.25, 0.3) is 0 Å². The standard InChI is InChI=1S/C13H19N5OS/c1-9(16-17-13(14)20)8-12(19)15-10-4-6-11(7-5-10)18(2)3/h4-7H,8H2,1-3H3,(H,15,19)(H3,14,17,20)/b16-9+. The molecule has 7 heteroatoms. The number of anilines is 2. The second-order valence-electron chi connectivity index (χ2n) is 4.49. The molecule has 0 aromatic heterocycles. The highest BCUT2D eigenvalue weighted by Crippen LogP contribution is 2.15. The molecule has 0 aliphatic heterocycles. The minimum atomic E-state index is -0.145. The first-order valence-corrected chi connectivity index (χ1v) is 6.45. The Morgan fingerprint density at radius 1 is 1.35 bits per heavy atom. The molecule has 0 aliphatic rings. The van der Waals surface area contributed by atoms with Crippen LogP contribution in [0.2, 0.25) is 0 Å². The normalized spacial score (nSPS) is 10.8. The van der Waals surface area contributed by atoms with E-state index in [1.165, 1.54) is 0 Å². The van der Waals surface area contributed by atoms with Crippen LogP contribution < -0.4 is 21.4 Å². The van der Waals surface area contributed by atoms with Crippen molar-refractivity contribution in [2.75, 3.05) is 24.3 Å². The molecule has 1 aromatic carbocycles. The van der Waals surface area contributed by atoms with Crippen molar-refractivity contribution in [1.29, 1.82) is 0 Å². The Morgan fingerprint density at radius 2 is 1.95 bits per heavy atom. The summed E-state index contributed by atoms with van der Waals surface area (Å²) in [6, 6.07) is 7.58. The molecule has 0 saturated carbocycles. The Balaban J connectivity index is 2.54. The lowest BCUT2D eigenvalue weighted by atomic mass is 10.2. The Morgan fingerprint density at radius 3 is 2.45 bits per heavy atom. The molecule has 6 nitrogen and oxygen atoms in total. The van der Waals surface area contributed by atoms with Crippen molar-refractivity contribution in [3.63, 3.8) is 0 Å². The Bertz CT molecular complexity index is 510. The van der Waals surface area contributed by atoms with E-state index in [1.807, 2.05) is 43.3 Å². The molecule has 0 bridgehead atoms. The van der Waals surface area contributed by atoms with Crippen LogP contribution in [0.4, 0.5) is 11.4 Å². The molecule has 20 heavy (non-hydrogen) atoms. The number of hydrogen-bond donors (Lipinski definition) is 3. The van der Waals surface area contributed by atoms with Crippen LogP contribution in [-0.2, 0) is 4.79 Å². The lowest BCUT2D eigenvalue weighted by molar-refractivity contribution is -0.115. The number of nitrogens with two attached hydrogens (primary N) is 1. The molecule has 0 atom stereocenters. The van der Waals surface area contributed by atoms with E-state index in [4.69, 9.17) is 5.73 Å². The first-order chi connectivity index (χ1) is 9.38. The molecule has 1 rings (SSSR count). The number of amides is 1. The smallest absolute Gasteiger partial charge is 0.230 e. The fourth-order valence-corrected chi connectivity index (χ4v) is 1.52. The summed E-state index contributed by atoms with van der Waals surface area (Å²) in [7, 11) is 3.92. The van der Waals surface area contributed by atoms with Crippen molar-refractivity contribution in [3.05, 3.63) is 24.3 Å². The van der Waals surface area contributed by atoms with E-state index < -0.39 is 0 Å². The van der Waals surface area contributed by atoms with Crippen molar-refractivity contribution >= 4 is 40.3 Å². The Kier molecular flexibility index (Phi) is 5.92. The predicted molar refractivity (Wildman–Crippen MR) is 87.0 cm³/mol. The van der Waals surface area contributed by atoms with Crippen LogP contribution in [-0.4, -0.2) is 30.8 Å². The summed E-state index contributed by atoms with van der Waals surface area (Å²) < 4.78 is 0. The number of nitrogens with one attached hydrogen (secondary N) is 2. The molecule has 0 radical (unpaired) electrons. The zero-order chi connectivity index (χ0) is 15.1. The summed E-state index contributed by atoms with van der Waals surface area (Å²) in [5.41, 5.74) is 10.1. The third-order valence-corrected chi connectivity index (χ3v) is 2.53. The summed E-state index contributed by atoms with van der Waals surface area (Å²) in [6.07, 6.45) is 0.172. The molecule has 0 spiro atoms. The van der Waals surface area contributed by atoms with Crippen LogP contribution in [0.5, 0.6) is 0 Å². The van der Waals surface area contributed by atoms with E-state index in [2.05, 4.69) is 28.1 Å². The monoisotopic (exact) mass is 293 g/mol. The van der Waals surface area contributed by atoms with Crippen LogP contribution in [0.1, 0.15) is 13.3 Å². The number of nitrogens with zero attached hydrogens (tertiary/aromatic N) is 2. The van der Waals surface area contributed by atoms with Gasteiger partial charge in [0.1, 0.15) is 0 Å². The number of carbonyl (C=O) groups is 1. The number of thiocarbonyl (C=S) groups is 1. The van der Waals surface area contributed by atoms with Crippen LogP contribution in [0.15, 0.2) is 29.4 Å². The first-order valence-electron chi connectivity index (χ1n) is 6.04. The average Bonchev–Trinajstić information content (AvgIpc) is 2.36. The van der Waals surface area contributed by atoms with E-state index in [0.29, 0.717) is 5.71 Å². The average molecular weight is 293 g/mol. The van der Waals surface area contributed by atoms with E-state index in [1.54, 1.807) is 6.92 Å². The minimum absolute atomic E-state index is 0.0732. The lowest BCUT2D eigenvalue weighted by Crippen LogP contribution is -2.26. The van der Waals surface area contributed by atoms with Gasteiger partial charge in [-0.3, -0.25) is 10.2 Å². The summed E-state index contributed by atoms with van der Waals surface area (Å²) >= 11 is 4.62. The largest absolute Gasteiger partial charge is 0.378 e. The molecule has 4 N–H and O–H groups in total. The fourth-order valence-electron chi connectivity index (χ4n) is 1.47. The second kappa shape index (κ2) is 7.44. The number of hydrazone groups is 1. The quantitative estimate of drug-likeness (QED) is 0.433. The molecule has 1 amide bonds. The maximum absolute atomic E-state index is 11.8. The summed E-state index contributed by atoms with van der Waals surface area (Å²) in [5, 5.41) is 6.75. The Hall–Kier alpha value is -2.15. The van der Waals surface area contributed by atoms with E-state index in [-0.39, 0.29) is 17.4 Å². The van der Waals surface area contributed by atoms with Crippen LogP contribution >= 0.6 is 12.2 Å². The second-order valence-corrected chi connectivity index (χ2v) is 4.93. The molecule has 1 aromatic rings. The number of benzene rings is 1. The predicted octanol–water partition coefficient (Wildman–Crippen LogP) is 1.29. The van der Waals surface area contributed by atoms with Crippen molar-refractivity contribution in [1.82, 2.24) is 5.43 Å². The summed E-state index contributed by atoms with van der Waals surface area (Å²) in [6.45, 7) is 1.72. The maximum Gasteiger partial charge on any atom is 0.230 e. The van der Waals surface area contributed by atoms with Crippen LogP contribution in [0.25, 0.3) is 0 Å². The van der Waals surface area contributed by atoms with Gasteiger partial charge in [-0.1, -0.05) is 0 Å². The SMILES string of the molecule is C/C(CC(=O)Nc1ccc(N(C)C)cc1)=N\NC(N)=S. The number of rotatable bonds is 5. The Labute approximate surface area is 124 Å². The molecule has 0 unspecified atom stereocenters. The lowest BCUT2D eigenvalue weighted by Gasteiger charge is -2.13. The third-order valence-electron chi connectivity index (χ3n) is 2.44. The summed E-state index contributed by atoms with van der Waals surface area (Å²) in [5.74, 6) is -0.145. The van der Waals surface area contributed by atoms with Gasteiger partial charge in [0.2, 0.25) is 5.91 Å². The third kappa shape index (κ3) is 5.66. The van der Waals surface area contributed by atoms with E-state index >= 15 is 0 Å². The zero-order valence-electron chi connectivity index (χ0n) is 11.8. The molecule has 108 valence electrons. The highest BCUT2D eigenvalue weighted by atomic mass is 32.1. The first kappa shape index (κ1) is 15.9. The van der Waals surface area contributed by atoms with Gasteiger partial charge in [0.15, 0.2) is 5.11 Å². The van der Waals surface area contributed by atoms with Gasteiger partial charge in [-0.2, -0.15) is 5.10 Å². The van der Waals surface area contributed by atoms with Crippen molar-refractivity contribution in [2.24, 2.45) is 10.8 Å². The molecular formula is C13H19N5OS. The van der Waals surface area contributed by atoms with Gasteiger partial charge in [-0.05, 0) is 43.4 Å². The van der Waals surface area contributed by atoms with Gasteiger partial charge < -0.3 is 16.0 Å². The van der Waals surface area contributed by atoms with E-state index in [0.717, 1.165) is 11.4 Å². The highest BCUT2D eigenvalue weighted by molar-refractivity contribution is 7.80. The van der Waals surface area contributed by atoms with Crippen molar-refractivity contribution in [2.45, 2.75) is 13.3 Å². The molecular weight excluding hydrogens is 274 g/mol. The molecule has 0 aliphatic carbocycles. The minimum Gasteiger partial charge on any atom is -0.378 e. The number of carbonyl (C=O) groups excluding carboxylic acids is 1. The van der Waals surface area contributed by atoms with Crippen molar-refractivity contribution in [3.8, 4) is 0 Å². The van der Waals surface area contributed by atoms with Crippen LogP contribution in [0, 0.1) is 0 Å². The fraction of sp³-hybridized carbons (Fsp3) is 0.308. The van der Waals surface area contributed by atoms with Gasteiger partial charge in [0, 0.05) is 31.2 Å². The van der Waals surface area contributed by atoms with Gasteiger partial charge in [-0.15, -0.1) is 0 Å². The van der Waals surface area contributed by atoms with Gasteiger partial charge >= 0.3 is 0 Å². The molecule has 0 saturated heterocycles. The molecule has 0 fully saturated rings. The zero-order valence-corrected chi connectivity index (χ0v) is 12.6. The topological polar surface area (TPSA) is 82.8 Å².